The van der Waals surface area contributed by atoms with Gasteiger partial charge in [0.15, 0.2) is 5.82 Å². The zero-order chi connectivity index (χ0) is 76.5. The summed E-state index contributed by atoms with van der Waals surface area (Å²) in [7, 11) is 0. The maximum absolute atomic E-state index is 15.4. The fourth-order valence-electron chi connectivity index (χ4n) is 10.8. The number of primary amides is 2. The molecule has 0 spiro atoms. The number of rotatable bonds is 41. The molecule has 0 aliphatic rings. The third kappa shape index (κ3) is 25.3. The molecule has 0 saturated carbocycles. The number of hydrogen-bond acceptors (Lipinski definition) is 19. The number of aliphatic hydroxyl groups is 2. The standard InChI is InChI=1S/C70H95FN16O16/c1-10-44-32-47(103-27-14-13-26-72)24-25-48(44)45-22-20-42(21-23-45)31-51(62(96)77-50(59(73)93)19-15-16-43-29-37(2)28-38(3)30-43)79-63(97)53(34-56(91)92)78-60(94)39(4)76-64(98)57(40(5)88)82-68(102)70(9,35-46-17-11-12-18-49(46)71)83-65(99)58(41(6)89)81-55(90)36-75-61(95)52(33-54-84-86-87-85-54)80-67(101)69(7,8)66(74)100/h11-12,17-18,20-25,28-30,32,39-41,50-53,57-58,88-89H,10,13-16,19,26-27,31,33-36,72H2,1-9H3,(H2,73,93)(H2,74,100)(H,75,95)(H,76,98)(H,77,96)(H,78,94)(H,79,97)(H,80,101)(H,81,90)(H,82,102)(H,83,99)(H,91,92)(H,84,85,86,87)/t39-,40+,41+,50-,51-,52-,53-,57-,58-,70-/m0/s1. The van der Waals surface area contributed by atoms with Crippen molar-refractivity contribution in [3.63, 3.8) is 0 Å². The lowest BCUT2D eigenvalue weighted by molar-refractivity contribution is -0.142. The average molecular weight is 1440 g/mol. The predicted octanol–water partition coefficient (Wildman–Crippen LogP) is -1.01. The highest BCUT2D eigenvalue weighted by atomic mass is 19.1. The van der Waals surface area contributed by atoms with E-state index in [9.17, 15) is 72.9 Å². The molecule has 33 heteroatoms. The third-order valence-corrected chi connectivity index (χ3v) is 16.9. The Bertz CT molecular complexity index is 3800. The number of carboxylic acids is 1. The number of aryl methyl sites for hydroxylation is 4. The van der Waals surface area contributed by atoms with Crippen molar-refractivity contribution in [3.05, 3.63) is 130 Å². The van der Waals surface area contributed by atoms with Crippen LogP contribution in [0.15, 0.2) is 84.9 Å². The van der Waals surface area contributed by atoms with E-state index in [4.69, 9.17) is 21.9 Å². The minimum Gasteiger partial charge on any atom is -0.494 e. The number of ether oxygens (including phenoxy) is 1. The van der Waals surface area contributed by atoms with E-state index < -0.39 is 168 Å². The fourth-order valence-corrected chi connectivity index (χ4v) is 10.8. The quantitative estimate of drug-likeness (QED) is 0.0165. The van der Waals surface area contributed by atoms with Gasteiger partial charge in [0.05, 0.1) is 31.8 Å². The topological polar surface area (TPSA) is 516 Å². The summed E-state index contributed by atoms with van der Waals surface area (Å²) < 4.78 is 21.4. The molecular formula is C70H95FN16O16. The monoisotopic (exact) mass is 1430 g/mol. The Labute approximate surface area is 594 Å². The first-order valence-corrected chi connectivity index (χ1v) is 33.5. The smallest absolute Gasteiger partial charge is 0.305 e. The first-order chi connectivity index (χ1) is 48.5. The van der Waals surface area contributed by atoms with Gasteiger partial charge in [-0.1, -0.05) is 90.0 Å². The van der Waals surface area contributed by atoms with E-state index in [-0.39, 0.29) is 24.2 Å². The number of aromatic amines is 1. The molecule has 103 heavy (non-hydrogen) atoms. The molecule has 0 aliphatic carbocycles. The lowest BCUT2D eigenvalue weighted by Crippen LogP contribution is -2.66. The molecule has 5 rings (SSSR count). The first-order valence-electron chi connectivity index (χ1n) is 33.5. The maximum atomic E-state index is 15.4. The van der Waals surface area contributed by atoms with E-state index in [0.717, 1.165) is 80.0 Å². The van der Waals surface area contributed by atoms with Crippen molar-refractivity contribution in [1.82, 2.24) is 68.5 Å². The molecule has 32 nitrogen and oxygen atoms in total. The van der Waals surface area contributed by atoms with Crippen LogP contribution >= 0.6 is 0 Å². The van der Waals surface area contributed by atoms with Crippen molar-refractivity contribution in [2.75, 3.05) is 19.7 Å². The van der Waals surface area contributed by atoms with Crippen molar-refractivity contribution in [2.45, 2.75) is 187 Å². The highest BCUT2D eigenvalue weighted by Crippen LogP contribution is 2.29. The molecule has 0 radical (unpaired) electrons. The Morgan fingerprint density at radius 2 is 1.26 bits per heavy atom. The SMILES string of the molecule is CCc1cc(OCCCCN)ccc1-c1ccc(C[C@H](NC(=O)[C@H](CC(=O)O)NC(=O)[C@H](C)NC(=O)[C@@H](NC(=O)[C@](C)(Cc2ccccc2F)NC(=O)[C@@H](NC(=O)CNC(=O)[C@H](Cc2nn[nH]n2)NC(=O)C(C)(C)C(N)=O)[C@@H](C)O)[C@@H](C)O)C(=O)N[C@@H](CCCc2cc(C)cc(C)c2)C(N)=O)cc1. The van der Waals surface area contributed by atoms with Gasteiger partial charge in [-0.15, -0.1) is 10.2 Å². The Kier molecular flexibility index (Phi) is 31.3. The van der Waals surface area contributed by atoms with Crippen LogP contribution in [-0.4, -0.2) is 187 Å². The van der Waals surface area contributed by atoms with E-state index in [1.54, 1.807) is 12.1 Å². The number of amides is 11. The summed E-state index contributed by atoms with van der Waals surface area (Å²) in [6, 6.07) is 12.0. The molecule has 0 unspecified atom stereocenters. The second kappa shape index (κ2) is 38.9. The number of unbranched alkanes of at least 4 members (excludes halogenated alkanes) is 1. The minimum atomic E-state index is -2.34. The average Bonchev–Trinajstić information content (AvgIpc) is 1.07. The molecule has 19 N–H and O–H groups in total. The zero-order valence-corrected chi connectivity index (χ0v) is 59.1. The van der Waals surface area contributed by atoms with E-state index in [2.05, 4.69) is 68.5 Å². The van der Waals surface area contributed by atoms with Crippen LogP contribution in [0, 0.1) is 25.1 Å². The van der Waals surface area contributed by atoms with Gasteiger partial charge in [0.1, 0.15) is 64.8 Å². The van der Waals surface area contributed by atoms with Crippen molar-refractivity contribution < 1.29 is 82.0 Å². The number of nitrogens with zero attached hydrogens (tertiary/aromatic N) is 3. The first kappa shape index (κ1) is 82.9. The van der Waals surface area contributed by atoms with E-state index >= 15 is 4.39 Å². The van der Waals surface area contributed by atoms with Crippen LogP contribution in [0.4, 0.5) is 4.39 Å². The van der Waals surface area contributed by atoms with E-state index in [0.29, 0.717) is 43.7 Å². The summed E-state index contributed by atoms with van der Waals surface area (Å²) in [5.41, 5.74) is 18.8. The van der Waals surface area contributed by atoms with Crippen LogP contribution in [-0.2, 0) is 89.6 Å². The number of carbonyl (C=O) groups is 12. The normalized spacial score (nSPS) is 14.5. The van der Waals surface area contributed by atoms with Crippen molar-refractivity contribution in [2.24, 2.45) is 22.6 Å². The molecule has 4 aromatic carbocycles. The largest absolute Gasteiger partial charge is 0.494 e. The van der Waals surface area contributed by atoms with Gasteiger partial charge in [0, 0.05) is 19.3 Å². The van der Waals surface area contributed by atoms with Crippen LogP contribution in [0.5, 0.6) is 5.75 Å². The molecule has 1 aromatic heterocycles. The third-order valence-electron chi connectivity index (χ3n) is 16.9. The molecule has 0 saturated heterocycles. The number of nitrogens with one attached hydrogen (secondary N) is 10. The Balaban J connectivity index is 1.34. The number of H-pyrrole nitrogens is 1. The van der Waals surface area contributed by atoms with Gasteiger partial charge in [-0.3, -0.25) is 57.5 Å². The number of tetrazole rings is 1. The molecule has 0 bridgehead atoms. The summed E-state index contributed by atoms with van der Waals surface area (Å²) in [5.74, 6) is -13.9. The Morgan fingerprint density at radius 3 is 1.85 bits per heavy atom. The number of carbonyl (C=O) groups excluding carboxylic acids is 11. The fraction of sp³-hybridized carbons (Fsp3) is 0.471. The van der Waals surface area contributed by atoms with Crippen LogP contribution in [0.3, 0.4) is 0 Å². The lowest BCUT2D eigenvalue weighted by atomic mass is 9.90. The number of benzene rings is 4. The number of aromatic nitrogens is 4. The van der Waals surface area contributed by atoms with Gasteiger partial charge in [-0.25, -0.2) is 4.39 Å². The number of halogens is 1. The zero-order valence-electron chi connectivity index (χ0n) is 59.1. The highest BCUT2D eigenvalue weighted by Gasteiger charge is 2.43. The van der Waals surface area contributed by atoms with E-state index in [1.165, 1.54) is 32.0 Å². The summed E-state index contributed by atoms with van der Waals surface area (Å²) in [6.07, 6.45) is -2.62. The summed E-state index contributed by atoms with van der Waals surface area (Å²) in [4.78, 5) is 163. The van der Waals surface area contributed by atoms with Gasteiger partial charge in [0.2, 0.25) is 65.0 Å². The van der Waals surface area contributed by atoms with E-state index in [1.807, 2.05) is 69.3 Å². The molecule has 0 aliphatic heterocycles. The molecule has 558 valence electrons. The van der Waals surface area contributed by atoms with Crippen molar-refractivity contribution in [1.29, 1.82) is 0 Å². The van der Waals surface area contributed by atoms with Crippen molar-refractivity contribution in [3.8, 4) is 16.9 Å². The Morgan fingerprint density at radius 1 is 0.641 bits per heavy atom. The Hall–Kier alpha value is -10.8. The van der Waals surface area contributed by atoms with Gasteiger partial charge in [-0.05, 0) is 152 Å². The van der Waals surface area contributed by atoms with Gasteiger partial charge >= 0.3 is 5.97 Å². The maximum Gasteiger partial charge on any atom is 0.305 e. The summed E-state index contributed by atoms with van der Waals surface area (Å²) in [5, 5.41) is 66.3. The lowest BCUT2D eigenvalue weighted by Gasteiger charge is -2.34. The molecule has 11 amide bonds. The van der Waals surface area contributed by atoms with Gasteiger partial charge < -0.3 is 85.1 Å². The molecule has 0 fully saturated rings. The van der Waals surface area contributed by atoms with Crippen LogP contribution in [0.1, 0.15) is 120 Å². The molecule has 5 aromatic rings. The van der Waals surface area contributed by atoms with Crippen LogP contribution < -0.4 is 69.8 Å². The van der Waals surface area contributed by atoms with Crippen LogP contribution in [0.25, 0.3) is 11.1 Å². The highest BCUT2D eigenvalue weighted by molar-refractivity contribution is 6.05. The van der Waals surface area contributed by atoms with Crippen LogP contribution in [0.2, 0.25) is 0 Å². The van der Waals surface area contributed by atoms with Crippen molar-refractivity contribution >= 4 is 70.9 Å². The molecule has 10 atom stereocenters. The number of carboxylic acid groups (broad SMARTS) is 1. The van der Waals surface area contributed by atoms with Gasteiger partial charge in [-0.2, -0.15) is 5.21 Å². The number of aliphatic hydroxyl groups excluding tert-OH is 2. The molecular weight excluding hydrogens is 1340 g/mol. The predicted molar refractivity (Wildman–Crippen MR) is 372 cm³/mol. The summed E-state index contributed by atoms with van der Waals surface area (Å²) >= 11 is 0. The second-order valence-corrected chi connectivity index (χ2v) is 26.1. The number of hydrogen-bond donors (Lipinski definition) is 16. The van der Waals surface area contributed by atoms with Gasteiger partial charge in [0.25, 0.3) is 0 Å². The number of nitrogens with two attached hydrogens (primary N) is 3. The molecule has 1 heterocycles. The second-order valence-electron chi connectivity index (χ2n) is 26.1. The summed E-state index contributed by atoms with van der Waals surface area (Å²) in [6.45, 7) is 12.8. The number of aliphatic carboxylic acids is 1. The minimum absolute atomic E-state index is 0.0648.